The van der Waals surface area contributed by atoms with Crippen molar-refractivity contribution in [1.29, 1.82) is 0 Å². The Morgan fingerprint density at radius 3 is 0.689 bits per heavy atom. The Labute approximate surface area is 288 Å². The second-order valence-corrected chi connectivity index (χ2v) is 16.9. The third-order valence-electron chi connectivity index (χ3n) is 8.48. The van der Waals surface area contributed by atoms with Crippen molar-refractivity contribution in [2.75, 3.05) is 0 Å². The van der Waals surface area contributed by atoms with Crippen LogP contribution in [0.25, 0.3) is 0 Å². The summed E-state index contributed by atoms with van der Waals surface area (Å²) in [5.74, 6) is -1.19. The molecule has 6 nitrogen and oxygen atoms in total. The van der Waals surface area contributed by atoms with Gasteiger partial charge in [-0.1, -0.05) is 52.4 Å². The molecule has 0 aromatic rings. The minimum absolute atomic E-state index is 0.280. The van der Waals surface area contributed by atoms with Gasteiger partial charge in [0.15, 0.2) is 0 Å². The molecule has 0 aliphatic heterocycles. The number of hydrogen-bond donors (Lipinski definition) is 0. The van der Waals surface area contributed by atoms with Gasteiger partial charge in [0.2, 0.25) is 0 Å². The van der Waals surface area contributed by atoms with E-state index >= 15 is 0 Å². The third-order valence-corrected chi connectivity index (χ3v) is 12.6. The summed E-state index contributed by atoms with van der Waals surface area (Å²) in [5, 5.41) is 0. The molecule has 7 heteroatoms. The molecular weight excluding hydrogens is 761 g/mol. The molecule has 0 atom stereocenters. The van der Waals surface area contributed by atoms with E-state index < -0.39 is 41.0 Å². The number of rotatable bonds is 35. The topological polar surface area (TPSA) is 78.9 Å². The maximum atomic E-state index is 12.6. The first-order valence-corrected chi connectivity index (χ1v) is 23.7. The molecule has 45 heavy (non-hydrogen) atoms. The van der Waals surface area contributed by atoms with E-state index in [9.17, 15) is 14.4 Å². The molecule has 266 valence electrons. The Bertz CT molecular complexity index is 671. The number of hydrogen-bond acceptors (Lipinski definition) is 6. The molecule has 0 saturated carbocycles. The van der Waals surface area contributed by atoms with Gasteiger partial charge in [-0.05, 0) is 0 Å². The van der Waals surface area contributed by atoms with Crippen LogP contribution in [0.1, 0.15) is 226 Å². The fraction of sp³-hybridized carbons (Fsp3) is 0.921. The van der Waals surface area contributed by atoms with Gasteiger partial charge in [0.25, 0.3) is 0 Å². The molecule has 0 amide bonds. The quantitative estimate of drug-likeness (QED) is 0.0467. The Balaban J connectivity index is 4.23. The van der Waals surface area contributed by atoms with Gasteiger partial charge < -0.3 is 0 Å². The molecule has 0 heterocycles. The predicted octanol–water partition coefficient (Wildman–Crippen LogP) is 12.1. The summed E-state index contributed by atoms with van der Waals surface area (Å²) in [6, 6.07) is 0. The summed E-state index contributed by atoms with van der Waals surface area (Å²) >= 11 is -3.95. The Hall–Kier alpha value is -0.707. The van der Waals surface area contributed by atoms with E-state index in [-0.39, 0.29) is 19.3 Å². The van der Waals surface area contributed by atoms with Gasteiger partial charge in [-0.2, -0.15) is 0 Å². The first-order chi connectivity index (χ1) is 22.0. The van der Waals surface area contributed by atoms with Crippen molar-refractivity contribution >= 4 is 41.0 Å². The zero-order chi connectivity index (χ0) is 33.1. The van der Waals surface area contributed by atoms with E-state index in [0.29, 0.717) is 0 Å². The normalized spacial score (nSPS) is 11.2. The molecule has 0 bridgehead atoms. The molecule has 0 fully saturated rings. The van der Waals surface area contributed by atoms with Crippen LogP contribution in [0.2, 0.25) is 0 Å². The monoisotopic (exact) mass is 835 g/mol. The maximum absolute atomic E-state index is 12.6. The van der Waals surface area contributed by atoms with Gasteiger partial charge in [-0.15, -0.1) is 0 Å². The van der Waals surface area contributed by atoms with E-state index in [2.05, 4.69) is 20.8 Å². The summed E-state index contributed by atoms with van der Waals surface area (Å²) in [7, 11) is 0. The van der Waals surface area contributed by atoms with E-state index in [1.165, 1.54) is 116 Å². The van der Waals surface area contributed by atoms with Crippen LogP contribution in [0.5, 0.6) is 0 Å². The van der Waals surface area contributed by atoms with Crippen LogP contribution in [-0.2, 0) is 22.8 Å². The zero-order valence-electron chi connectivity index (χ0n) is 30.0. The average Bonchev–Trinajstić information content (AvgIpc) is 3.02. The van der Waals surface area contributed by atoms with Crippen LogP contribution in [0.15, 0.2) is 0 Å². The molecule has 0 spiro atoms. The van der Waals surface area contributed by atoms with Crippen LogP contribution in [0.4, 0.5) is 0 Å². The van der Waals surface area contributed by atoms with Gasteiger partial charge in [0, 0.05) is 0 Å². The molecule has 0 unspecified atom stereocenters. The van der Waals surface area contributed by atoms with E-state index in [1.807, 2.05) is 0 Å². The predicted molar refractivity (Wildman–Crippen MR) is 189 cm³/mol. The van der Waals surface area contributed by atoms with Crippen molar-refractivity contribution in [2.45, 2.75) is 226 Å². The number of carbonyl (C=O) groups excluding carboxylic acids is 3. The molecule has 0 aliphatic rings. The fourth-order valence-electron chi connectivity index (χ4n) is 5.54. The molecule has 0 aromatic carbocycles. The van der Waals surface area contributed by atoms with Gasteiger partial charge in [-0.3, -0.25) is 0 Å². The minimum Gasteiger partial charge on any atom is -0.0654 e. The number of unbranched alkanes of at least 4 members (excludes halogenated alkanes) is 26. The molecule has 0 N–H and O–H groups in total. The van der Waals surface area contributed by atoms with Crippen molar-refractivity contribution in [3.05, 3.63) is 0 Å². The first-order valence-electron chi connectivity index (χ1n) is 19.5. The molecular formula is C38H73BiO6. The zero-order valence-corrected chi connectivity index (χ0v) is 33.5. The van der Waals surface area contributed by atoms with Crippen molar-refractivity contribution in [3.63, 3.8) is 0 Å². The van der Waals surface area contributed by atoms with Crippen LogP contribution in [0, 0.1) is 0 Å². The standard InChI is InChI=1S/C16H32O2.C14H28O2.C8H16O2.Bi/c1-2-3-4-5-6-7-8-9-10-11-12-13-14-15-16(17)18;1-2-3-4-5-6-7-8-9-10-11-12-13-14(15)16;1-2-3-4-5-6-7-8(9)10;/h2-15H2,1H3,(H,17,18);2-13H2,1H3,(H,15,16);2-7H2,1H3,(H,9,10);/q;;;+3/p-3. The third kappa shape index (κ3) is 34.4. The van der Waals surface area contributed by atoms with Crippen molar-refractivity contribution in [1.82, 2.24) is 0 Å². The summed E-state index contributed by atoms with van der Waals surface area (Å²) in [6.07, 6.45) is 35.4. The van der Waals surface area contributed by atoms with Crippen LogP contribution in [0.3, 0.4) is 0 Å². The smallest absolute Gasteiger partial charge is 0.0654 e. The van der Waals surface area contributed by atoms with Crippen LogP contribution < -0.4 is 0 Å². The van der Waals surface area contributed by atoms with Crippen molar-refractivity contribution in [2.24, 2.45) is 0 Å². The Morgan fingerprint density at radius 2 is 0.489 bits per heavy atom. The molecule has 0 radical (unpaired) electrons. The van der Waals surface area contributed by atoms with Gasteiger partial charge in [-0.25, -0.2) is 0 Å². The van der Waals surface area contributed by atoms with E-state index in [1.54, 1.807) is 0 Å². The van der Waals surface area contributed by atoms with Crippen molar-refractivity contribution in [3.8, 4) is 0 Å². The molecule has 0 saturated heterocycles. The number of carbonyl (C=O) groups is 3. The second kappa shape index (κ2) is 36.1. The molecule has 0 rings (SSSR count). The van der Waals surface area contributed by atoms with Gasteiger partial charge in [0.1, 0.15) is 0 Å². The van der Waals surface area contributed by atoms with Crippen LogP contribution in [-0.4, -0.2) is 41.0 Å². The Morgan fingerprint density at radius 1 is 0.311 bits per heavy atom. The van der Waals surface area contributed by atoms with Crippen LogP contribution >= 0.6 is 0 Å². The summed E-state index contributed by atoms with van der Waals surface area (Å²) < 4.78 is 16.6. The Kier molecular flexibility index (Phi) is 35.6. The van der Waals surface area contributed by atoms with E-state index in [4.69, 9.17) is 8.44 Å². The summed E-state index contributed by atoms with van der Waals surface area (Å²) in [4.78, 5) is 37.5. The average molecular weight is 835 g/mol. The summed E-state index contributed by atoms with van der Waals surface area (Å²) in [5.41, 5.74) is 0. The van der Waals surface area contributed by atoms with E-state index in [0.717, 1.165) is 70.6 Å². The fourth-order valence-corrected chi connectivity index (χ4v) is 8.97. The van der Waals surface area contributed by atoms with Crippen molar-refractivity contribution < 1.29 is 22.8 Å². The molecule has 0 aliphatic carbocycles. The van der Waals surface area contributed by atoms with Gasteiger partial charge >= 0.3 is 238 Å². The first kappa shape index (κ1) is 44.3. The second-order valence-electron chi connectivity index (χ2n) is 13.1. The van der Waals surface area contributed by atoms with Gasteiger partial charge in [0.05, 0.1) is 0 Å². The molecule has 0 aromatic heterocycles. The SMILES string of the molecule is CCCCCCCCCCCCCCCC(=O)[O][Bi]([O]C(=O)CCCCCCC)[O]C(=O)CCCCCCCCCCCCC. The minimum atomic E-state index is -3.95. The summed E-state index contributed by atoms with van der Waals surface area (Å²) in [6.45, 7) is 6.66.